The maximum absolute atomic E-state index is 4.20. The van der Waals surface area contributed by atoms with E-state index in [-0.39, 0.29) is 5.41 Å². The van der Waals surface area contributed by atoms with Crippen molar-refractivity contribution in [3.8, 4) is 0 Å². The summed E-state index contributed by atoms with van der Waals surface area (Å²) in [6.45, 7) is 6.91. The van der Waals surface area contributed by atoms with Crippen LogP contribution in [-0.4, -0.2) is 9.97 Å². The standard InChI is InChI=1S/C16H28N2/c1-4-6-8-10-16(3,11-9-7-5-2)15-12-17-14-18-13-15/h12-14H,4-11H2,1-3H3. The Morgan fingerprint density at radius 1 is 0.889 bits per heavy atom. The van der Waals surface area contributed by atoms with Crippen molar-refractivity contribution >= 4 is 0 Å². The van der Waals surface area contributed by atoms with Crippen molar-refractivity contribution in [2.75, 3.05) is 0 Å². The number of rotatable bonds is 9. The number of aromatic nitrogens is 2. The Hall–Kier alpha value is -0.920. The van der Waals surface area contributed by atoms with E-state index in [1.54, 1.807) is 6.33 Å². The smallest absolute Gasteiger partial charge is 0.115 e. The largest absolute Gasteiger partial charge is 0.245 e. The third-order valence-corrected chi connectivity index (χ3v) is 3.92. The Morgan fingerprint density at radius 2 is 1.39 bits per heavy atom. The summed E-state index contributed by atoms with van der Waals surface area (Å²) in [5.41, 5.74) is 1.59. The van der Waals surface area contributed by atoms with E-state index < -0.39 is 0 Å². The quantitative estimate of drug-likeness (QED) is 0.581. The molecule has 0 aliphatic heterocycles. The summed E-state index contributed by atoms with van der Waals surface area (Å²) in [5, 5.41) is 0. The van der Waals surface area contributed by atoms with E-state index in [0.717, 1.165) is 0 Å². The third kappa shape index (κ3) is 4.75. The predicted molar refractivity (Wildman–Crippen MR) is 77.7 cm³/mol. The number of hydrogen-bond donors (Lipinski definition) is 0. The van der Waals surface area contributed by atoms with Crippen LogP contribution in [0.2, 0.25) is 0 Å². The lowest BCUT2D eigenvalue weighted by Gasteiger charge is -2.30. The van der Waals surface area contributed by atoms with Crippen molar-refractivity contribution in [2.24, 2.45) is 0 Å². The molecule has 0 saturated heterocycles. The molecule has 0 saturated carbocycles. The summed E-state index contributed by atoms with van der Waals surface area (Å²) >= 11 is 0. The van der Waals surface area contributed by atoms with Crippen LogP contribution in [0.3, 0.4) is 0 Å². The molecular weight excluding hydrogens is 220 g/mol. The second-order valence-corrected chi connectivity index (χ2v) is 5.60. The van der Waals surface area contributed by atoms with E-state index in [1.807, 2.05) is 12.4 Å². The summed E-state index contributed by atoms with van der Waals surface area (Å²) in [6.07, 6.45) is 16.0. The SMILES string of the molecule is CCCCCC(C)(CCCCC)c1cncnc1. The van der Waals surface area contributed by atoms with Crippen LogP contribution in [0, 0.1) is 0 Å². The average Bonchev–Trinajstić information content (AvgIpc) is 2.40. The van der Waals surface area contributed by atoms with E-state index >= 15 is 0 Å². The van der Waals surface area contributed by atoms with Gasteiger partial charge >= 0.3 is 0 Å². The van der Waals surface area contributed by atoms with Crippen LogP contribution >= 0.6 is 0 Å². The molecule has 0 N–H and O–H groups in total. The molecule has 0 aliphatic rings. The van der Waals surface area contributed by atoms with Crippen LogP contribution in [0.5, 0.6) is 0 Å². The average molecular weight is 248 g/mol. The Kier molecular flexibility index (Phi) is 6.92. The molecule has 18 heavy (non-hydrogen) atoms. The molecule has 1 aromatic rings. The first-order valence-corrected chi connectivity index (χ1v) is 7.48. The van der Waals surface area contributed by atoms with E-state index in [1.165, 1.54) is 56.9 Å². The molecule has 0 bridgehead atoms. The lowest BCUT2D eigenvalue weighted by atomic mass is 9.75. The summed E-state index contributed by atoms with van der Waals surface area (Å²) in [7, 11) is 0. The van der Waals surface area contributed by atoms with Gasteiger partial charge in [-0.05, 0) is 23.8 Å². The fourth-order valence-corrected chi connectivity index (χ4v) is 2.55. The molecule has 0 fully saturated rings. The Morgan fingerprint density at radius 3 is 1.83 bits per heavy atom. The number of nitrogens with zero attached hydrogens (tertiary/aromatic N) is 2. The summed E-state index contributed by atoms with van der Waals surface area (Å²) in [6, 6.07) is 0. The minimum absolute atomic E-state index is 0.269. The minimum Gasteiger partial charge on any atom is -0.245 e. The molecule has 0 atom stereocenters. The van der Waals surface area contributed by atoms with E-state index in [0.29, 0.717) is 0 Å². The normalized spacial score (nSPS) is 11.7. The van der Waals surface area contributed by atoms with E-state index in [2.05, 4.69) is 30.7 Å². The number of hydrogen-bond acceptors (Lipinski definition) is 2. The fourth-order valence-electron chi connectivity index (χ4n) is 2.55. The Bertz CT molecular complexity index is 298. The number of unbranched alkanes of at least 4 members (excludes halogenated alkanes) is 4. The molecule has 102 valence electrons. The monoisotopic (exact) mass is 248 g/mol. The van der Waals surface area contributed by atoms with Gasteiger partial charge in [0.2, 0.25) is 0 Å². The molecular formula is C16H28N2. The maximum Gasteiger partial charge on any atom is 0.115 e. The van der Waals surface area contributed by atoms with Gasteiger partial charge in [-0.15, -0.1) is 0 Å². The Balaban J connectivity index is 2.67. The van der Waals surface area contributed by atoms with Gasteiger partial charge in [0.05, 0.1) is 0 Å². The van der Waals surface area contributed by atoms with Gasteiger partial charge in [-0.1, -0.05) is 59.3 Å². The van der Waals surface area contributed by atoms with Gasteiger partial charge < -0.3 is 0 Å². The van der Waals surface area contributed by atoms with Gasteiger partial charge in [0.15, 0.2) is 0 Å². The molecule has 0 unspecified atom stereocenters. The molecule has 0 radical (unpaired) electrons. The second kappa shape index (κ2) is 8.23. The van der Waals surface area contributed by atoms with Gasteiger partial charge in [0.25, 0.3) is 0 Å². The van der Waals surface area contributed by atoms with Crippen molar-refractivity contribution in [1.82, 2.24) is 9.97 Å². The van der Waals surface area contributed by atoms with Gasteiger partial charge in [0.1, 0.15) is 6.33 Å². The van der Waals surface area contributed by atoms with E-state index in [4.69, 9.17) is 0 Å². The van der Waals surface area contributed by atoms with Crippen molar-refractivity contribution in [2.45, 2.75) is 77.6 Å². The van der Waals surface area contributed by atoms with Crippen LogP contribution in [0.1, 0.15) is 77.7 Å². The minimum atomic E-state index is 0.269. The first-order valence-electron chi connectivity index (χ1n) is 7.48. The highest BCUT2D eigenvalue weighted by Crippen LogP contribution is 2.34. The van der Waals surface area contributed by atoms with E-state index in [9.17, 15) is 0 Å². The molecule has 0 spiro atoms. The van der Waals surface area contributed by atoms with Crippen molar-refractivity contribution in [1.29, 1.82) is 0 Å². The van der Waals surface area contributed by atoms with Crippen molar-refractivity contribution in [3.63, 3.8) is 0 Å². The van der Waals surface area contributed by atoms with Crippen LogP contribution < -0.4 is 0 Å². The lowest BCUT2D eigenvalue weighted by Crippen LogP contribution is -2.22. The van der Waals surface area contributed by atoms with Gasteiger partial charge in [0, 0.05) is 12.4 Å². The van der Waals surface area contributed by atoms with Gasteiger partial charge in [-0.25, -0.2) is 9.97 Å². The third-order valence-electron chi connectivity index (χ3n) is 3.92. The highest BCUT2D eigenvalue weighted by Gasteiger charge is 2.26. The Labute approximate surface area is 112 Å². The zero-order valence-electron chi connectivity index (χ0n) is 12.3. The molecule has 0 aromatic carbocycles. The van der Waals surface area contributed by atoms with Gasteiger partial charge in [-0.3, -0.25) is 0 Å². The van der Waals surface area contributed by atoms with Crippen LogP contribution in [0.25, 0.3) is 0 Å². The van der Waals surface area contributed by atoms with Crippen LogP contribution in [-0.2, 0) is 5.41 Å². The summed E-state index contributed by atoms with van der Waals surface area (Å²) in [4.78, 5) is 8.39. The zero-order valence-corrected chi connectivity index (χ0v) is 12.3. The molecule has 0 aliphatic carbocycles. The first-order chi connectivity index (χ1) is 8.73. The molecule has 1 rings (SSSR count). The summed E-state index contributed by atoms with van der Waals surface area (Å²) < 4.78 is 0. The highest BCUT2D eigenvalue weighted by molar-refractivity contribution is 5.17. The molecule has 1 aromatic heterocycles. The van der Waals surface area contributed by atoms with Gasteiger partial charge in [-0.2, -0.15) is 0 Å². The highest BCUT2D eigenvalue weighted by atomic mass is 14.8. The topological polar surface area (TPSA) is 25.8 Å². The zero-order chi connectivity index (χ0) is 13.3. The first kappa shape index (κ1) is 15.1. The van der Waals surface area contributed by atoms with Crippen LogP contribution in [0.4, 0.5) is 0 Å². The molecule has 0 amide bonds. The lowest BCUT2D eigenvalue weighted by molar-refractivity contribution is 0.365. The second-order valence-electron chi connectivity index (χ2n) is 5.60. The van der Waals surface area contributed by atoms with Crippen molar-refractivity contribution in [3.05, 3.63) is 24.3 Å². The summed E-state index contributed by atoms with van der Waals surface area (Å²) in [5.74, 6) is 0. The maximum atomic E-state index is 4.20. The van der Waals surface area contributed by atoms with Crippen LogP contribution in [0.15, 0.2) is 18.7 Å². The van der Waals surface area contributed by atoms with Crippen molar-refractivity contribution < 1.29 is 0 Å². The fraction of sp³-hybridized carbons (Fsp3) is 0.750. The molecule has 1 heterocycles. The molecule has 2 heteroatoms. The predicted octanol–water partition coefficient (Wildman–Crippen LogP) is 4.89. The molecule has 2 nitrogen and oxygen atoms in total.